The number of nitro groups is 1. The summed E-state index contributed by atoms with van der Waals surface area (Å²) in [5.41, 5.74) is 1.64. The number of thiophene rings is 1. The number of fused-ring (bicyclic) bond motifs is 3. The van der Waals surface area contributed by atoms with Crippen molar-refractivity contribution in [2.24, 2.45) is 0 Å². The standard InChI is InChI=1S/C17H19N3O3S/c1-4-5-8-19-13-7-6-11(20(22)23)9-12(13)16-15(17(19)21)14(10-24-16)18(2)3/h6-7,9-10H,4-5,8H2,1-3H3. The van der Waals surface area contributed by atoms with Crippen LogP contribution < -0.4 is 10.5 Å². The lowest BCUT2D eigenvalue weighted by Gasteiger charge is -2.14. The molecule has 0 saturated carbocycles. The molecule has 2 heterocycles. The van der Waals surface area contributed by atoms with Gasteiger partial charge in [-0.1, -0.05) is 13.3 Å². The van der Waals surface area contributed by atoms with Crippen LogP contribution in [0.15, 0.2) is 28.4 Å². The van der Waals surface area contributed by atoms with Crippen LogP contribution in [0, 0.1) is 10.1 Å². The van der Waals surface area contributed by atoms with E-state index in [0.717, 1.165) is 34.1 Å². The van der Waals surface area contributed by atoms with E-state index in [9.17, 15) is 14.9 Å². The lowest BCUT2D eigenvalue weighted by molar-refractivity contribution is -0.384. The SMILES string of the molecule is CCCCn1c(=O)c2c(N(C)C)csc2c2cc([N+](=O)[O-])ccc21. The minimum atomic E-state index is -0.396. The molecule has 0 saturated heterocycles. The fourth-order valence-corrected chi connectivity index (χ4v) is 4.08. The van der Waals surface area contributed by atoms with Crippen molar-refractivity contribution in [3.05, 3.63) is 44.0 Å². The number of benzene rings is 1. The van der Waals surface area contributed by atoms with Gasteiger partial charge in [0.15, 0.2) is 0 Å². The molecular weight excluding hydrogens is 326 g/mol. The average molecular weight is 345 g/mol. The van der Waals surface area contributed by atoms with Crippen molar-refractivity contribution in [3.63, 3.8) is 0 Å². The van der Waals surface area contributed by atoms with Crippen molar-refractivity contribution in [1.29, 1.82) is 0 Å². The largest absolute Gasteiger partial charge is 0.376 e. The molecule has 0 atom stereocenters. The van der Waals surface area contributed by atoms with E-state index in [1.807, 2.05) is 24.4 Å². The number of nitro benzene ring substituents is 1. The number of hydrogen-bond donors (Lipinski definition) is 0. The first-order valence-corrected chi connectivity index (χ1v) is 8.73. The number of pyridine rings is 1. The van der Waals surface area contributed by atoms with Gasteiger partial charge in [0.2, 0.25) is 0 Å². The Morgan fingerprint density at radius 1 is 1.33 bits per heavy atom. The predicted octanol–water partition coefficient (Wildman–Crippen LogP) is 3.99. The quantitative estimate of drug-likeness (QED) is 0.518. The molecule has 0 aliphatic rings. The van der Waals surface area contributed by atoms with Gasteiger partial charge >= 0.3 is 0 Å². The van der Waals surface area contributed by atoms with Gasteiger partial charge in [0, 0.05) is 43.5 Å². The summed E-state index contributed by atoms with van der Waals surface area (Å²) in [7, 11) is 3.80. The van der Waals surface area contributed by atoms with Gasteiger partial charge in [0.05, 0.1) is 26.2 Å². The maximum Gasteiger partial charge on any atom is 0.270 e. The maximum atomic E-state index is 13.1. The van der Waals surface area contributed by atoms with Crippen molar-refractivity contribution >= 4 is 43.7 Å². The molecule has 0 radical (unpaired) electrons. The number of unbranched alkanes of at least 4 members (excludes halogenated alkanes) is 1. The number of hydrogen-bond acceptors (Lipinski definition) is 5. The van der Waals surface area contributed by atoms with Crippen LogP contribution in [0.1, 0.15) is 19.8 Å². The first-order valence-electron chi connectivity index (χ1n) is 7.85. The van der Waals surface area contributed by atoms with Crippen LogP contribution >= 0.6 is 11.3 Å². The molecule has 3 rings (SSSR count). The summed E-state index contributed by atoms with van der Waals surface area (Å²) >= 11 is 1.46. The van der Waals surface area contributed by atoms with Crippen molar-refractivity contribution in [3.8, 4) is 0 Å². The predicted molar refractivity (Wildman–Crippen MR) is 99.5 cm³/mol. The first kappa shape index (κ1) is 16.4. The summed E-state index contributed by atoms with van der Waals surface area (Å²) in [6.45, 7) is 2.69. The highest BCUT2D eigenvalue weighted by Gasteiger charge is 2.19. The Labute approximate surface area is 143 Å². The molecule has 0 spiro atoms. The fourth-order valence-electron chi connectivity index (χ4n) is 2.92. The molecule has 126 valence electrons. The topological polar surface area (TPSA) is 68.4 Å². The summed E-state index contributed by atoms with van der Waals surface area (Å²) in [6.07, 6.45) is 1.86. The van der Waals surface area contributed by atoms with Crippen LogP contribution in [0.2, 0.25) is 0 Å². The van der Waals surface area contributed by atoms with Gasteiger partial charge < -0.3 is 9.47 Å². The number of aryl methyl sites for hydroxylation is 1. The van der Waals surface area contributed by atoms with Crippen LogP contribution in [0.5, 0.6) is 0 Å². The summed E-state index contributed by atoms with van der Waals surface area (Å²) in [4.78, 5) is 25.7. The van der Waals surface area contributed by atoms with Gasteiger partial charge in [0.1, 0.15) is 0 Å². The number of rotatable bonds is 5. The van der Waals surface area contributed by atoms with E-state index >= 15 is 0 Å². The molecule has 1 aromatic carbocycles. The zero-order valence-electron chi connectivity index (χ0n) is 13.9. The summed E-state index contributed by atoms with van der Waals surface area (Å²) < 4.78 is 2.57. The number of non-ortho nitro benzene ring substituents is 1. The molecule has 7 heteroatoms. The second-order valence-corrected chi connectivity index (χ2v) is 6.87. The monoisotopic (exact) mass is 345 g/mol. The number of nitrogens with zero attached hydrogens (tertiary/aromatic N) is 3. The normalized spacial score (nSPS) is 11.3. The van der Waals surface area contributed by atoms with Gasteiger partial charge in [0.25, 0.3) is 11.2 Å². The van der Waals surface area contributed by atoms with Crippen LogP contribution in [0.25, 0.3) is 21.0 Å². The highest BCUT2D eigenvalue weighted by molar-refractivity contribution is 7.18. The van der Waals surface area contributed by atoms with Crippen LogP contribution in [0.4, 0.5) is 11.4 Å². The van der Waals surface area contributed by atoms with Crippen molar-refractivity contribution < 1.29 is 4.92 Å². The van der Waals surface area contributed by atoms with Crippen molar-refractivity contribution in [2.75, 3.05) is 19.0 Å². The third kappa shape index (κ3) is 2.54. The van der Waals surface area contributed by atoms with Gasteiger partial charge in [-0.3, -0.25) is 14.9 Å². The summed E-state index contributed by atoms with van der Waals surface area (Å²) in [5.74, 6) is 0. The molecule has 24 heavy (non-hydrogen) atoms. The van der Waals surface area contributed by atoms with E-state index in [4.69, 9.17) is 0 Å². The summed E-state index contributed by atoms with van der Waals surface area (Å²) in [6, 6.07) is 4.74. The molecular formula is C17H19N3O3S. The van der Waals surface area contributed by atoms with E-state index in [-0.39, 0.29) is 11.2 Å². The minimum absolute atomic E-state index is 0.0234. The average Bonchev–Trinajstić information content (AvgIpc) is 3.00. The van der Waals surface area contributed by atoms with Crippen molar-refractivity contribution in [1.82, 2.24) is 4.57 Å². The zero-order chi connectivity index (χ0) is 17.4. The van der Waals surface area contributed by atoms with Crippen LogP contribution in [-0.2, 0) is 6.54 Å². The molecule has 0 aliphatic heterocycles. The van der Waals surface area contributed by atoms with Gasteiger partial charge in [-0.05, 0) is 12.5 Å². The van der Waals surface area contributed by atoms with E-state index in [1.165, 1.54) is 17.4 Å². The third-order valence-corrected chi connectivity index (χ3v) is 5.17. The van der Waals surface area contributed by atoms with E-state index in [2.05, 4.69) is 6.92 Å². The van der Waals surface area contributed by atoms with Gasteiger partial charge in [-0.25, -0.2) is 0 Å². The molecule has 0 fully saturated rings. The molecule has 3 aromatic rings. The van der Waals surface area contributed by atoms with E-state index in [0.29, 0.717) is 11.9 Å². The van der Waals surface area contributed by atoms with Crippen molar-refractivity contribution in [2.45, 2.75) is 26.3 Å². The van der Waals surface area contributed by atoms with Crippen LogP contribution in [-0.4, -0.2) is 23.6 Å². The molecule has 0 bridgehead atoms. The molecule has 2 aromatic heterocycles. The van der Waals surface area contributed by atoms with Gasteiger partial charge in [-0.15, -0.1) is 11.3 Å². The highest BCUT2D eigenvalue weighted by Crippen LogP contribution is 2.36. The highest BCUT2D eigenvalue weighted by atomic mass is 32.1. The fraction of sp³-hybridized carbons (Fsp3) is 0.353. The zero-order valence-corrected chi connectivity index (χ0v) is 14.7. The second-order valence-electron chi connectivity index (χ2n) is 5.99. The number of aromatic nitrogens is 1. The Morgan fingerprint density at radius 3 is 2.71 bits per heavy atom. The number of anilines is 1. The molecule has 6 nitrogen and oxygen atoms in total. The Bertz CT molecular complexity index is 988. The molecule has 0 unspecified atom stereocenters. The van der Waals surface area contributed by atoms with Gasteiger partial charge in [-0.2, -0.15) is 0 Å². The maximum absolute atomic E-state index is 13.1. The summed E-state index contributed by atoms with van der Waals surface area (Å²) in [5, 5.41) is 14.5. The smallest absolute Gasteiger partial charge is 0.270 e. The Balaban J connectivity index is 2.45. The third-order valence-electron chi connectivity index (χ3n) is 4.17. The Hall–Kier alpha value is -2.41. The second kappa shape index (κ2) is 6.24. The first-order chi connectivity index (χ1) is 11.5. The molecule has 0 N–H and O–H groups in total. The lowest BCUT2D eigenvalue weighted by Crippen LogP contribution is -2.22. The Kier molecular flexibility index (Phi) is 4.28. The van der Waals surface area contributed by atoms with Crippen LogP contribution in [0.3, 0.4) is 0 Å². The molecule has 0 aliphatic carbocycles. The molecule has 0 amide bonds. The lowest BCUT2D eigenvalue weighted by atomic mass is 10.1. The van der Waals surface area contributed by atoms with E-state index < -0.39 is 4.92 Å². The Morgan fingerprint density at radius 2 is 2.08 bits per heavy atom. The minimum Gasteiger partial charge on any atom is -0.376 e. The van der Waals surface area contributed by atoms with E-state index in [1.54, 1.807) is 16.7 Å².